The van der Waals surface area contributed by atoms with Crippen molar-refractivity contribution in [3.63, 3.8) is 0 Å². The van der Waals surface area contributed by atoms with E-state index in [-0.39, 0.29) is 5.91 Å². The standard InChI is InChI=1S/C19H20N4O3/c1-25-15-5-2-13(3-6-15)18(24)22-8-10-23(11-9-22)19-21-16-12-14(20)4-7-17(16)26-19/h2-7,12H,8-11,20H2,1H3. The third kappa shape index (κ3) is 3.03. The van der Waals surface area contributed by atoms with Gasteiger partial charge in [0.05, 0.1) is 7.11 Å². The Morgan fingerprint density at radius 3 is 2.54 bits per heavy atom. The number of methoxy groups -OCH3 is 1. The number of rotatable bonds is 3. The summed E-state index contributed by atoms with van der Waals surface area (Å²) in [6.07, 6.45) is 0. The van der Waals surface area contributed by atoms with Crippen molar-refractivity contribution in [2.24, 2.45) is 0 Å². The fourth-order valence-corrected chi connectivity index (χ4v) is 3.08. The van der Waals surface area contributed by atoms with Crippen LogP contribution in [-0.2, 0) is 0 Å². The highest BCUT2D eigenvalue weighted by Crippen LogP contribution is 2.24. The smallest absolute Gasteiger partial charge is 0.298 e. The van der Waals surface area contributed by atoms with Gasteiger partial charge >= 0.3 is 0 Å². The van der Waals surface area contributed by atoms with Gasteiger partial charge in [0.25, 0.3) is 11.9 Å². The third-order valence-corrected chi connectivity index (χ3v) is 4.57. The number of aromatic nitrogens is 1. The van der Waals surface area contributed by atoms with Gasteiger partial charge in [-0.25, -0.2) is 0 Å². The van der Waals surface area contributed by atoms with E-state index in [0.29, 0.717) is 49.0 Å². The van der Waals surface area contributed by atoms with Crippen LogP contribution in [-0.4, -0.2) is 49.1 Å². The number of piperazine rings is 1. The molecule has 3 aromatic rings. The minimum Gasteiger partial charge on any atom is -0.497 e. The Hall–Kier alpha value is -3.22. The molecule has 26 heavy (non-hydrogen) atoms. The number of carbonyl (C=O) groups excluding carboxylic acids is 1. The molecule has 7 nitrogen and oxygen atoms in total. The number of anilines is 2. The molecule has 0 spiro atoms. The molecular weight excluding hydrogens is 332 g/mol. The number of fused-ring (bicyclic) bond motifs is 1. The fraction of sp³-hybridized carbons (Fsp3) is 0.263. The summed E-state index contributed by atoms with van der Waals surface area (Å²) in [5.41, 5.74) is 8.57. The number of oxazole rings is 1. The van der Waals surface area contributed by atoms with E-state index in [4.69, 9.17) is 14.9 Å². The lowest BCUT2D eigenvalue weighted by Crippen LogP contribution is -2.48. The van der Waals surface area contributed by atoms with E-state index >= 15 is 0 Å². The maximum atomic E-state index is 12.6. The molecule has 2 heterocycles. The molecule has 2 N–H and O–H groups in total. The average Bonchev–Trinajstić information content (AvgIpc) is 3.11. The number of nitrogen functional groups attached to an aromatic ring is 1. The zero-order valence-corrected chi connectivity index (χ0v) is 14.5. The normalized spacial score (nSPS) is 14.7. The second-order valence-electron chi connectivity index (χ2n) is 6.23. The monoisotopic (exact) mass is 352 g/mol. The third-order valence-electron chi connectivity index (χ3n) is 4.57. The van der Waals surface area contributed by atoms with Crippen LogP contribution in [0.2, 0.25) is 0 Å². The molecule has 0 radical (unpaired) electrons. The Labute approximate surface area is 151 Å². The maximum Gasteiger partial charge on any atom is 0.298 e. The van der Waals surface area contributed by atoms with Crippen molar-refractivity contribution in [2.45, 2.75) is 0 Å². The van der Waals surface area contributed by atoms with E-state index in [1.54, 1.807) is 43.5 Å². The van der Waals surface area contributed by atoms with Crippen LogP contribution in [0.3, 0.4) is 0 Å². The zero-order chi connectivity index (χ0) is 18.1. The number of nitrogens with zero attached hydrogens (tertiary/aromatic N) is 3. The number of nitrogens with two attached hydrogens (primary N) is 1. The Balaban J connectivity index is 1.43. The predicted octanol–water partition coefficient (Wildman–Crippen LogP) is 2.38. The first-order valence-electron chi connectivity index (χ1n) is 8.48. The van der Waals surface area contributed by atoms with Gasteiger partial charge in [-0.3, -0.25) is 4.79 Å². The van der Waals surface area contributed by atoms with Crippen molar-refractivity contribution in [3.8, 4) is 5.75 Å². The van der Waals surface area contributed by atoms with Crippen molar-refractivity contribution in [1.29, 1.82) is 0 Å². The second-order valence-corrected chi connectivity index (χ2v) is 6.23. The fourth-order valence-electron chi connectivity index (χ4n) is 3.08. The van der Waals surface area contributed by atoms with Crippen LogP contribution in [0.25, 0.3) is 11.1 Å². The summed E-state index contributed by atoms with van der Waals surface area (Å²) < 4.78 is 10.9. The topological polar surface area (TPSA) is 84.8 Å². The van der Waals surface area contributed by atoms with Crippen LogP contribution >= 0.6 is 0 Å². The van der Waals surface area contributed by atoms with Crippen molar-refractivity contribution in [2.75, 3.05) is 43.9 Å². The molecule has 1 saturated heterocycles. The Kier molecular flexibility index (Phi) is 4.12. The van der Waals surface area contributed by atoms with E-state index in [2.05, 4.69) is 4.98 Å². The summed E-state index contributed by atoms with van der Waals surface area (Å²) in [4.78, 5) is 21.0. The van der Waals surface area contributed by atoms with Crippen LogP contribution < -0.4 is 15.4 Å². The summed E-state index contributed by atoms with van der Waals surface area (Å²) >= 11 is 0. The molecule has 1 amide bonds. The predicted molar refractivity (Wildman–Crippen MR) is 99.5 cm³/mol. The first-order valence-corrected chi connectivity index (χ1v) is 8.48. The lowest BCUT2D eigenvalue weighted by atomic mass is 10.1. The van der Waals surface area contributed by atoms with Crippen molar-refractivity contribution in [1.82, 2.24) is 9.88 Å². The van der Waals surface area contributed by atoms with E-state index in [1.165, 1.54) is 0 Å². The summed E-state index contributed by atoms with van der Waals surface area (Å²) in [6, 6.07) is 13.2. The molecule has 7 heteroatoms. The quantitative estimate of drug-likeness (QED) is 0.729. The molecule has 134 valence electrons. The van der Waals surface area contributed by atoms with Gasteiger partial charge in [0.1, 0.15) is 11.3 Å². The molecule has 1 fully saturated rings. The second kappa shape index (κ2) is 6.59. The van der Waals surface area contributed by atoms with Crippen LogP contribution in [0.5, 0.6) is 5.75 Å². The van der Waals surface area contributed by atoms with Gasteiger partial charge < -0.3 is 24.7 Å². The average molecular weight is 352 g/mol. The maximum absolute atomic E-state index is 12.6. The number of carbonyl (C=O) groups is 1. The minimum atomic E-state index is 0.0256. The summed E-state index contributed by atoms with van der Waals surface area (Å²) in [5.74, 6) is 0.764. The first kappa shape index (κ1) is 16.3. The highest BCUT2D eigenvalue weighted by Gasteiger charge is 2.24. The van der Waals surface area contributed by atoms with Crippen LogP contribution in [0.15, 0.2) is 46.9 Å². The van der Waals surface area contributed by atoms with Crippen LogP contribution in [0.1, 0.15) is 10.4 Å². The number of benzene rings is 2. The Bertz CT molecular complexity index is 928. The van der Waals surface area contributed by atoms with Gasteiger partial charge in [-0.2, -0.15) is 4.98 Å². The molecular formula is C19H20N4O3. The lowest BCUT2D eigenvalue weighted by Gasteiger charge is -2.33. The molecule has 0 unspecified atom stereocenters. The molecule has 0 saturated carbocycles. The van der Waals surface area contributed by atoms with Crippen molar-refractivity contribution >= 4 is 28.7 Å². The number of hydrogen-bond donors (Lipinski definition) is 1. The van der Waals surface area contributed by atoms with Crippen LogP contribution in [0, 0.1) is 0 Å². The van der Waals surface area contributed by atoms with E-state index in [1.807, 2.05) is 15.9 Å². The van der Waals surface area contributed by atoms with Gasteiger partial charge in [-0.15, -0.1) is 0 Å². The largest absolute Gasteiger partial charge is 0.497 e. The summed E-state index contributed by atoms with van der Waals surface area (Å²) in [5, 5.41) is 0. The van der Waals surface area contributed by atoms with Gasteiger partial charge in [-0.05, 0) is 42.5 Å². The number of hydrogen-bond acceptors (Lipinski definition) is 6. The van der Waals surface area contributed by atoms with Gasteiger partial charge in [0.15, 0.2) is 5.58 Å². The lowest BCUT2D eigenvalue weighted by molar-refractivity contribution is 0.0745. The molecule has 0 atom stereocenters. The van der Waals surface area contributed by atoms with Gasteiger partial charge in [-0.1, -0.05) is 0 Å². The molecule has 1 aliphatic heterocycles. The van der Waals surface area contributed by atoms with Crippen molar-refractivity contribution in [3.05, 3.63) is 48.0 Å². The molecule has 1 aliphatic rings. The molecule has 2 aromatic carbocycles. The molecule has 0 aliphatic carbocycles. The highest BCUT2D eigenvalue weighted by molar-refractivity contribution is 5.94. The van der Waals surface area contributed by atoms with Crippen LogP contribution in [0.4, 0.5) is 11.7 Å². The molecule has 1 aromatic heterocycles. The van der Waals surface area contributed by atoms with E-state index in [0.717, 1.165) is 11.3 Å². The van der Waals surface area contributed by atoms with Gasteiger partial charge in [0, 0.05) is 37.4 Å². The number of ether oxygens (including phenoxy) is 1. The molecule has 4 rings (SSSR count). The summed E-state index contributed by atoms with van der Waals surface area (Å²) in [7, 11) is 1.61. The highest BCUT2D eigenvalue weighted by atomic mass is 16.5. The first-order chi connectivity index (χ1) is 12.6. The zero-order valence-electron chi connectivity index (χ0n) is 14.5. The molecule has 0 bridgehead atoms. The Morgan fingerprint density at radius 2 is 1.85 bits per heavy atom. The SMILES string of the molecule is COc1ccc(C(=O)N2CCN(c3nc4cc(N)ccc4o3)CC2)cc1. The van der Waals surface area contributed by atoms with E-state index < -0.39 is 0 Å². The number of amides is 1. The minimum absolute atomic E-state index is 0.0256. The van der Waals surface area contributed by atoms with Gasteiger partial charge in [0.2, 0.25) is 0 Å². The van der Waals surface area contributed by atoms with Crippen molar-refractivity contribution < 1.29 is 13.9 Å². The Morgan fingerprint density at radius 1 is 1.12 bits per heavy atom. The summed E-state index contributed by atoms with van der Waals surface area (Å²) in [6.45, 7) is 2.58. The van der Waals surface area contributed by atoms with E-state index in [9.17, 15) is 4.79 Å².